The van der Waals surface area contributed by atoms with Crippen molar-refractivity contribution in [2.24, 2.45) is 0 Å². The first kappa shape index (κ1) is 15.6. The van der Waals surface area contributed by atoms with Crippen LogP contribution < -0.4 is 10.6 Å². The van der Waals surface area contributed by atoms with Gasteiger partial charge in [0.05, 0.1) is 5.69 Å². The second-order valence-corrected chi connectivity index (χ2v) is 4.30. The highest BCUT2D eigenvalue weighted by Crippen LogP contribution is 2.21. The standard InChI is InChI=1S/C15H19N3O2/c1-2-3-6-9-17-11-12(10-16)15(20)18-13-7-4-5-8-14(13)19/h4-5,7-8,11,17,19H,2-3,6,9H2,1H3,(H,18,20)/b12-11-. The fourth-order valence-corrected chi connectivity index (χ4v) is 1.57. The minimum Gasteiger partial charge on any atom is -0.506 e. The fraction of sp³-hybridized carbons (Fsp3) is 0.333. The number of nitriles is 1. The van der Waals surface area contributed by atoms with Crippen LogP contribution in [0.15, 0.2) is 36.0 Å². The van der Waals surface area contributed by atoms with Gasteiger partial charge in [-0.1, -0.05) is 31.9 Å². The van der Waals surface area contributed by atoms with Crippen LogP contribution >= 0.6 is 0 Å². The molecule has 0 aliphatic carbocycles. The molecule has 0 aliphatic rings. The lowest BCUT2D eigenvalue weighted by molar-refractivity contribution is -0.112. The molecule has 0 fully saturated rings. The van der Waals surface area contributed by atoms with Gasteiger partial charge in [-0.05, 0) is 18.6 Å². The molecule has 20 heavy (non-hydrogen) atoms. The van der Waals surface area contributed by atoms with Crippen LogP contribution in [-0.2, 0) is 4.79 Å². The molecule has 106 valence electrons. The lowest BCUT2D eigenvalue weighted by atomic mass is 10.2. The Kier molecular flexibility index (Phi) is 6.69. The lowest BCUT2D eigenvalue weighted by Gasteiger charge is -2.06. The number of hydrogen-bond donors (Lipinski definition) is 3. The average Bonchev–Trinajstić information content (AvgIpc) is 2.45. The maximum atomic E-state index is 11.9. The van der Waals surface area contributed by atoms with Crippen LogP contribution in [0.5, 0.6) is 5.75 Å². The number of phenolic OH excluding ortho intramolecular Hbond substituents is 1. The summed E-state index contributed by atoms with van der Waals surface area (Å²) in [4.78, 5) is 11.9. The van der Waals surface area contributed by atoms with Crippen LogP contribution in [0.3, 0.4) is 0 Å². The molecule has 5 heteroatoms. The molecule has 0 radical (unpaired) electrons. The average molecular weight is 273 g/mol. The number of aromatic hydroxyl groups is 1. The molecule has 0 unspecified atom stereocenters. The van der Waals surface area contributed by atoms with E-state index in [4.69, 9.17) is 5.26 Å². The van der Waals surface area contributed by atoms with Gasteiger partial charge in [0.25, 0.3) is 5.91 Å². The third-order valence-corrected chi connectivity index (χ3v) is 2.69. The molecule has 1 rings (SSSR count). The summed E-state index contributed by atoms with van der Waals surface area (Å²) in [5.74, 6) is -0.578. The quantitative estimate of drug-likeness (QED) is 0.308. The van der Waals surface area contributed by atoms with E-state index in [-0.39, 0.29) is 17.0 Å². The maximum absolute atomic E-state index is 11.9. The number of nitrogens with one attached hydrogen (secondary N) is 2. The number of hydrogen-bond acceptors (Lipinski definition) is 4. The predicted octanol–water partition coefficient (Wildman–Crippen LogP) is 2.52. The largest absolute Gasteiger partial charge is 0.506 e. The van der Waals surface area contributed by atoms with E-state index in [9.17, 15) is 9.90 Å². The highest BCUT2D eigenvalue weighted by Gasteiger charge is 2.10. The number of phenols is 1. The van der Waals surface area contributed by atoms with Crippen molar-refractivity contribution >= 4 is 11.6 Å². The first-order valence-electron chi connectivity index (χ1n) is 6.62. The van der Waals surface area contributed by atoms with E-state index in [0.717, 1.165) is 25.8 Å². The van der Waals surface area contributed by atoms with Crippen molar-refractivity contribution in [3.05, 3.63) is 36.0 Å². The van der Waals surface area contributed by atoms with Crippen molar-refractivity contribution in [1.29, 1.82) is 5.26 Å². The van der Waals surface area contributed by atoms with Gasteiger partial charge in [0.15, 0.2) is 0 Å². The molecule has 0 aromatic heterocycles. The summed E-state index contributed by atoms with van der Waals surface area (Å²) >= 11 is 0. The third-order valence-electron chi connectivity index (χ3n) is 2.69. The Morgan fingerprint density at radius 3 is 2.80 bits per heavy atom. The van der Waals surface area contributed by atoms with Gasteiger partial charge >= 0.3 is 0 Å². The van der Waals surface area contributed by atoms with Crippen LogP contribution in [0.25, 0.3) is 0 Å². The molecule has 5 nitrogen and oxygen atoms in total. The zero-order valence-electron chi connectivity index (χ0n) is 11.5. The van der Waals surface area contributed by atoms with Gasteiger partial charge < -0.3 is 15.7 Å². The van der Waals surface area contributed by atoms with Crippen LogP contribution in [0, 0.1) is 11.3 Å². The molecule has 0 saturated carbocycles. The maximum Gasteiger partial charge on any atom is 0.267 e. The topological polar surface area (TPSA) is 85.2 Å². The number of unbranched alkanes of at least 4 members (excludes halogenated alkanes) is 2. The number of nitrogens with zero attached hydrogens (tertiary/aromatic N) is 1. The van der Waals surface area contributed by atoms with E-state index in [0.29, 0.717) is 0 Å². The number of para-hydroxylation sites is 2. The Morgan fingerprint density at radius 2 is 2.15 bits per heavy atom. The molecule has 0 aliphatic heterocycles. The molecule has 3 N–H and O–H groups in total. The minimum atomic E-state index is -0.544. The Bertz CT molecular complexity index is 518. The van der Waals surface area contributed by atoms with E-state index >= 15 is 0 Å². The first-order valence-corrected chi connectivity index (χ1v) is 6.62. The summed E-state index contributed by atoms with van der Waals surface area (Å²) in [6, 6.07) is 8.21. The van der Waals surface area contributed by atoms with Crippen molar-refractivity contribution in [1.82, 2.24) is 5.32 Å². The van der Waals surface area contributed by atoms with Crippen LogP contribution in [-0.4, -0.2) is 17.6 Å². The smallest absolute Gasteiger partial charge is 0.267 e. The van der Waals surface area contributed by atoms with Crippen molar-refractivity contribution < 1.29 is 9.90 Å². The van der Waals surface area contributed by atoms with Gasteiger partial charge in [-0.2, -0.15) is 5.26 Å². The number of carbonyl (C=O) groups is 1. The molecular weight excluding hydrogens is 254 g/mol. The van der Waals surface area contributed by atoms with Crippen molar-refractivity contribution in [2.45, 2.75) is 26.2 Å². The molecule has 0 heterocycles. The van der Waals surface area contributed by atoms with E-state index in [1.165, 1.54) is 12.3 Å². The van der Waals surface area contributed by atoms with E-state index in [2.05, 4.69) is 17.6 Å². The number of carbonyl (C=O) groups excluding carboxylic acids is 1. The van der Waals surface area contributed by atoms with E-state index < -0.39 is 5.91 Å². The monoisotopic (exact) mass is 273 g/mol. The highest BCUT2D eigenvalue weighted by molar-refractivity contribution is 6.07. The summed E-state index contributed by atoms with van der Waals surface area (Å²) in [7, 11) is 0. The second kappa shape index (κ2) is 8.59. The predicted molar refractivity (Wildman–Crippen MR) is 78.0 cm³/mol. The molecule has 0 atom stereocenters. The van der Waals surface area contributed by atoms with Crippen LogP contribution in [0.2, 0.25) is 0 Å². The minimum absolute atomic E-state index is 0.0234. The zero-order chi connectivity index (χ0) is 14.8. The molecule has 1 amide bonds. The van der Waals surface area contributed by atoms with Gasteiger partial charge in [0, 0.05) is 12.7 Å². The Labute approximate surface area is 118 Å². The number of anilines is 1. The van der Waals surface area contributed by atoms with Crippen molar-refractivity contribution in [2.75, 3.05) is 11.9 Å². The molecule has 1 aromatic rings. The van der Waals surface area contributed by atoms with Gasteiger partial charge in [0.1, 0.15) is 17.4 Å². The van der Waals surface area contributed by atoms with Crippen LogP contribution in [0.4, 0.5) is 5.69 Å². The molecule has 1 aromatic carbocycles. The normalized spacial score (nSPS) is 10.7. The zero-order valence-corrected chi connectivity index (χ0v) is 11.5. The van der Waals surface area contributed by atoms with Crippen LogP contribution in [0.1, 0.15) is 26.2 Å². The highest BCUT2D eigenvalue weighted by atomic mass is 16.3. The number of benzene rings is 1. The van der Waals surface area contributed by atoms with E-state index in [1.807, 2.05) is 6.07 Å². The van der Waals surface area contributed by atoms with Gasteiger partial charge in [0.2, 0.25) is 0 Å². The number of amides is 1. The second-order valence-electron chi connectivity index (χ2n) is 4.30. The summed E-state index contributed by atoms with van der Waals surface area (Å²) in [6.45, 7) is 2.83. The summed E-state index contributed by atoms with van der Waals surface area (Å²) in [5.41, 5.74) is 0.259. The molecule has 0 bridgehead atoms. The Balaban J connectivity index is 2.57. The number of rotatable bonds is 7. The first-order chi connectivity index (χ1) is 9.69. The summed E-state index contributed by atoms with van der Waals surface area (Å²) in [6.07, 6.45) is 4.62. The molecule has 0 saturated heterocycles. The molecule has 0 spiro atoms. The third kappa shape index (κ3) is 5.02. The van der Waals surface area contributed by atoms with Gasteiger partial charge in [-0.15, -0.1) is 0 Å². The lowest BCUT2D eigenvalue weighted by Crippen LogP contribution is -2.17. The Hall–Kier alpha value is -2.48. The SMILES string of the molecule is CCCCCN/C=C(/C#N)C(=O)Nc1ccccc1O. The van der Waals surface area contributed by atoms with E-state index in [1.54, 1.807) is 18.2 Å². The van der Waals surface area contributed by atoms with Gasteiger partial charge in [-0.3, -0.25) is 4.79 Å². The summed E-state index contributed by atoms with van der Waals surface area (Å²) < 4.78 is 0. The summed E-state index contributed by atoms with van der Waals surface area (Å²) in [5, 5.41) is 24.0. The Morgan fingerprint density at radius 1 is 1.40 bits per heavy atom. The van der Waals surface area contributed by atoms with Crippen molar-refractivity contribution in [3.63, 3.8) is 0 Å². The fourth-order valence-electron chi connectivity index (χ4n) is 1.57. The van der Waals surface area contributed by atoms with Crippen molar-refractivity contribution in [3.8, 4) is 11.8 Å². The molecular formula is C15H19N3O2. The van der Waals surface area contributed by atoms with Gasteiger partial charge in [-0.25, -0.2) is 0 Å².